The summed E-state index contributed by atoms with van der Waals surface area (Å²) in [5.74, 6) is 0.0439. The van der Waals surface area contributed by atoms with Crippen LogP contribution in [-0.4, -0.2) is 34.8 Å². The van der Waals surface area contributed by atoms with Crippen molar-refractivity contribution in [2.45, 2.75) is 45.3 Å². The van der Waals surface area contributed by atoms with Crippen LogP contribution in [0.3, 0.4) is 0 Å². The Balaban J connectivity index is 2.00. The van der Waals surface area contributed by atoms with Crippen LogP contribution < -0.4 is 0 Å². The lowest BCUT2D eigenvalue weighted by Gasteiger charge is -2.36. The van der Waals surface area contributed by atoms with E-state index in [2.05, 4.69) is 15.9 Å². The first-order chi connectivity index (χ1) is 10.3. The number of likely N-dealkylation sites (tertiary alicyclic amines) is 1. The van der Waals surface area contributed by atoms with Crippen molar-refractivity contribution in [1.29, 1.82) is 0 Å². The van der Waals surface area contributed by atoms with Gasteiger partial charge in [0.1, 0.15) is 5.60 Å². The van der Waals surface area contributed by atoms with Crippen LogP contribution in [0, 0.1) is 5.92 Å². The number of ether oxygens (including phenoxy) is 1. The van der Waals surface area contributed by atoms with E-state index in [4.69, 9.17) is 4.74 Å². The summed E-state index contributed by atoms with van der Waals surface area (Å²) in [6.45, 7) is 6.82. The molecule has 1 aromatic carbocycles. The lowest BCUT2D eigenvalue weighted by molar-refractivity contribution is 0.00239. The normalized spacial score (nSPS) is 20.6. The third kappa shape index (κ3) is 4.71. The van der Waals surface area contributed by atoms with Crippen LogP contribution in [-0.2, 0) is 4.74 Å². The van der Waals surface area contributed by atoms with Gasteiger partial charge in [0.25, 0.3) is 0 Å². The highest BCUT2D eigenvalue weighted by atomic mass is 79.9. The Kier molecular flexibility index (Phi) is 5.50. The number of halogens is 1. The fourth-order valence-electron chi connectivity index (χ4n) is 2.69. The lowest BCUT2D eigenvalue weighted by Crippen LogP contribution is -2.44. The van der Waals surface area contributed by atoms with Gasteiger partial charge in [0.2, 0.25) is 0 Å². The summed E-state index contributed by atoms with van der Waals surface area (Å²) in [6.07, 6.45) is 0.951. The van der Waals surface area contributed by atoms with Crippen LogP contribution in [0.4, 0.5) is 4.79 Å². The highest BCUT2D eigenvalue weighted by Gasteiger charge is 2.31. The number of carbonyl (C=O) groups is 1. The number of aliphatic hydroxyl groups excluding tert-OH is 1. The summed E-state index contributed by atoms with van der Waals surface area (Å²) in [7, 11) is 0. The minimum absolute atomic E-state index is 0.0439. The van der Waals surface area contributed by atoms with Crippen LogP contribution in [0.5, 0.6) is 0 Å². The number of hydrogen-bond donors (Lipinski definition) is 1. The number of amides is 1. The average molecular weight is 370 g/mol. The Morgan fingerprint density at radius 3 is 2.59 bits per heavy atom. The maximum Gasteiger partial charge on any atom is 0.410 e. The molecule has 2 unspecified atom stereocenters. The zero-order chi connectivity index (χ0) is 16.3. The molecule has 1 N–H and O–H groups in total. The molecule has 1 amide bonds. The summed E-state index contributed by atoms with van der Waals surface area (Å²) >= 11 is 3.40. The maximum absolute atomic E-state index is 12.2. The van der Waals surface area contributed by atoms with Crippen LogP contribution in [0.25, 0.3) is 0 Å². The quantitative estimate of drug-likeness (QED) is 0.852. The van der Waals surface area contributed by atoms with Gasteiger partial charge in [-0.05, 0) is 51.3 Å². The van der Waals surface area contributed by atoms with Crippen LogP contribution in [0.15, 0.2) is 28.7 Å². The van der Waals surface area contributed by atoms with Crippen molar-refractivity contribution in [1.82, 2.24) is 4.90 Å². The van der Waals surface area contributed by atoms with E-state index in [0.717, 1.165) is 22.9 Å². The van der Waals surface area contributed by atoms with E-state index in [-0.39, 0.29) is 12.0 Å². The average Bonchev–Trinajstić information content (AvgIpc) is 2.46. The minimum Gasteiger partial charge on any atom is -0.444 e. The molecule has 0 saturated carbocycles. The Bertz CT molecular complexity index is 510. The minimum atomic E-state index is -0.557. The van der Waals surface area contributed by atoms with Gasteiger partial charge in [-0.1, -0.05) is 28.1 Å². The third-order valence-corrected chi connectivity index (χ3v) is 4.30. The molecular weight excluding hydrogens is 346 g/mol. The molecule has 1 fully saturated rings. The van der Waals surface area contributed by atoms with E-state index in [9.17, 15) is 9.90 Å². The number of hydrogen-bond acceptors (Lipinski definition) is 3. The van der Waals surface area contributed by atoms with Crippen molar-refractivity contribution < 1.29 is 14.6 Å². The van der Waals surface area contributed by atoms with E-state index in [1.807, 2.05) is 45.0 Å². The van der Waals surface area contributed by atoms with Crippen molar-refractivity contribution in [3.05, 3.63) is 34.3 Å². The molecule has 0 aromatic heterocycles. The Morgan fingerprint density at radius 2 is 2.00 bits per heavy atom. The molecule has 4 nitrogen and oxygen atoms in total. The van der Waals surface area contributed by atoms with Gasteiger partial charge >= 0.3 is 6.09 Å². The first-order valence-electron chi connectivity index (χ1n) is 7.68. The van der Waals surface area contributed by atoms with Crippen LogP contribution in [0.2, 0.25) is 0 Å². The van der Waals surface area contributed by atoms with Crippen molar-refractivity contribution in [3.8, 4) is 0 Å². The van der Waals surface area contributed by atoms with Gasteiger partial charge in [-0.3, -0.25) is 0 Å². The van der Waals surface area contributed by atoms with Gasteiger partial charge in [-0.25, -0.2) is 4.79 Å². The molecule has 0 aliphatic carbocycles. The smallest absolute Gasteiger partial charge is 0.410 e. The topological polar surface area (TPSA) is 49.8 Å². The predicted octanol–water partition coefficient (Wildman–Crippen LogP) is 4.13. The van der Waals surface area contributed by atoms with Gasteiger partial charge in [-0.2, -0.15) is 0 Å². The molecule has 5 heteroatoms. The van der Waals surface area contributed by atoms with Gasteiger partial charge in [0, 0.05) is 23.5 Å². The SMILES string of the molecule is CC(C)(C)OC(=O)N1CCCC(C(O)c2ccc(Br)cc2)C1. The molecule has 2 atom stereocenters. The zero-order valence-electron chi connectivity index (χ0n) is 13.4. The highest BCUT2D eigenvalue weighted by Crippen LogP contribution is 2.31. The van der Waals surface area contributed by atoms with E-state index in [0.29, 0.717) is 13.1 Å². The van der Waals surface area contributed by atoms with Crippen molar-refractivity contribution in [2.75, 3.05) is 13.1 Å². The third-order valence-electron chi connectivity index (χ3n) is 3.77. The van der Waals surface area contributed by atoms with Crippen LogP contribution >= 0.6 is 15.9 Å². The molecule has 1 saturated heterocycles. The first-order valence-corrected chi connectivity index (χ1v) is 8.47. The summed E-state index contributed by atoms with van der Waals surface area (Å²) < 4.78 is 6.41. The van der Waals surface area contributed by atoms with Crippen molar-refractivity contribution in [2.24, 2.45) is 5.92 Å². The van der Waals surface area contributed by atoms with E-state index >= 15 is 0 Å². The summed E-state index contributed by atoms with van der Waals surface area (Å²) in [5, 5.41) is 10.6. The monoisotopic (exact) mass is 369 g/mol. The second kappa shape index (κ2) is 7.01. The first kappa shape index (κ1) is 17.3. The molecule has 1 aliphatic heterocycles. The van der Waals surface area contributed by atoms with E-state index in [1.165, 1.54) is 0 Å². The Morgan fingerprint density at radius 1 is 1.36 bits per heavy atom. The van der Waals surface area contributed by atoms with Gasteiger partial charge in [-0.15, -0.1) is 0 Å². The largest absolute Gasteiger partial charge is 0.444 e. The summed E-state index contributed by atoms with van der Waals surface area (Å²) in [5.41, 5.74) is 0.396. The molecule has 0 bridgehead atoms. The highest BCUT2D eigenvalue weighted by molar-refractivity contribution is 9.10. The maximum atomic E-state index is 12.2. The summed E-state index contributed by atoms with van der Waals surface area (Å²) in [4.78, 5) is 13.9. The molecule has 122 valence electrons. The summed E-state index contributed by atoms with van der Waals surface area (Å²) in [6, 6.07) is 7.68. The number of benzene rings is 1. The number of carbonyl (C=O) groups excluding carboxylic acids is 1. The molecule has 0 radical (unpaired) electrons. The van der Waals surface area contributed by atoms with Crippen LogP contribution in [0.1, 0.15) is 45.3 Å². The number of nitrogens with zero attached hydrogens (tertiary/aromatic N) is 1. The number of aliphatic hydroxyl groups is 1. The Labute approximate surface area is 140 Å². The molecule has 2 rings (SSSR count). The van der Waals surface area contributed by atoms with E-state index in [1.54, 1.807) is 4.90 Å². The van der Waals surface area contributed by atoms with Gasteiger partial charge < -0.3 is 14.7 Å². The van der Waals surface area contributed by atoms with E-state index < -0.39 is 11.7 Å². The second-order valence-electron chi connectivity index (χ2n) is 6.83. The predicted molar refractivity (Wildman–Crippen MR) is 89.6 cm³/mol. The van der Waals surface area contributed by atoms with Crippen molar-refractivity contribution in [3.63, 3.8) is 0 Å². The fourth-order valence-corrected chi connectivity index (χ4v) is 2.96. The fraction of sp³-hybridized carbons (Fsp3) is 0.588. The molecule has 0 spiro atoms. The number of piperidine rings is 1. The molecule has 1 aromatic rings. The van der Waals surface area contributed by atoms with Crippen molar-refractivity contribution >= 4 is 22.0 Å². The van der Waals surface area contributed by atoms with Gasteiger partial charge in [0.05, 0.1) is 6.10 Å². The molecule has 1 aliphatic rings. The Hall–Kier alpha value is -1.07. The standard InChI is InChI=1S/C17H24BrNO3/c1-17(2,3)22-16(21)19-10-4-5-13(11-19)15(20)12-6-8-14(18)9-7-12/h6-9,13,15,20H,4-5,10-11H2,1-3H3. The molecule has 22 heavy (non-hydrogen) atoms. The number of rotatable bonds is 2. The zero-order valence-corrected chi connectivity index (χ0v) is 15.0. The van der Waals surface area contributed by atoms with Gasteiger partial charge in [0.15, 0.2) is 0 Å². The second-order valence-corrected chi connectivity index (χ2v) is 7.74. The molecular formula is C17H24BrNO3. The molecule has 1 heterocycles. The lowest BCUT2D eigenvalue weighted by atomic mass is 9.89.